The number of rotatable bonds is 11. The average molecular weight is 622 g/mol. The van der Waals surface area contributed by atoms with Gasteiger partial charge in [0.05, 0.1) is 28.5 Å². The molecule has 5 heterocycles. The monoisotopic (exact) mass is 621 g/mol. The van der Waals surface area contributed by atoms with Gasteiger partial charge in [0.15, 0.2) is 17.6 Å². The van der Waals surface area contributed by atoms with Crippen LogP contribution in [0.3, 0.4) is 0 Å². The van der Waals surface area contributed by atoms with Gasteiger partial charge in [0, 0.05) is 36.7 Å². The molecule has 0 aliphatic carbocycles. The van der Waals surface area contributed by atoms with Crippen molar-refractivity contribution in [3.8, 4) is 0 Å². The number of nitrogens with one attached hydrogen (secondary N) is 1. The van der Waals surface area contributed by atoms with Crippen LogP contribution in [0.5, 0.6) is 0 Å². The van der Waals surface area contributed by atoms with Crippen LogP contribution in [0.4, 0.5) is 0 Å². The fourth-order valence-electron chi connectivity index (χ4n) is 5.58. The summed E-state index contributed by atoms with van der Waals surface area (Å²) in [5.41, 5.74) is 0.984. The number of ketones is 1. The van der Waals surface area contributed by atoms with E-state index in [1.165, 1.54) is 34.9 Å². The molecule has 5 rings (SSSR count). The number of carboxylic acid groups (broad SMARTS) is 1. The number of thiazole rings is 1. The molecular formula is C25H29N6O7S3+. The normalized spacial score (nSPS) is 21.3. The predicted octanol–water partition coefficient (Wildman–Crippen LogP) is 0.473. The lowest BCUT2D eigenvalue weighted by Crippen LogP contribution is -2.63. The maximum Gasteiger partial charge on any atom is 0.352 e. The molecule has 3 aromatic rings. The second kappa shape index (κ2) is 10.9. The first-order chi connectivity index (χ1) is 19.3. The van der Waals surface area contributed by atoms with Crippen LogP contribution in [0.15, 0.2) is 41.6 Å². The number of imidazole rings is 1. The van der Waals surface area contributed by atoms with Crippen LogP contribution < -0.4 is 14.4 Å². The minimum atomic E-state index is -3.78. The SMILES string of the molecule is CSc1nc(C(=O)c2ccc[n+](CCCNS(N)(=O)=O)c2)c2sc(C3=C(C(=O)O)N4C(=O)[C@H]([C@@H](C)O)[C@H]4[C@H]3C)cn12. The van der Waals surface area contributed by atoms with Crippen molar-refractivity contribution >= 4 is 61.4 Å². The first kappa shape index (κ1) is 29.3. The van der Waals surface area contributed by atoms with Crippen LogP contribution in [-0.2, 0) is 26.3 Å². The molecule has 0 aromatic carbocycles. The topological polar surface area (TPSA) is 188 Å². The zero-order chi connectivity index (χ0) is 29.8. The van der Waals surface area contributed by atoms with Crippen LogP contribution in [0, 0.1) is 11.8 Å². The fraction of sp³-hybridized carbons (Fsp3) is 0.400. The van der Waals surface area contributed by atoms with Crippen LogP contribution in [0.25, 0.3) is 10.4 Å². The van der Waals surface area contributed by atoms with Crippen molar-refractivity contribution < 1.29 is 37.6 Å². The van der Waals surface area contributed by atoms with E-state index in [4.69, 9.17) is 5.14 Å². The van der Waals surface area contributed by atoms with Crippen LogP contribution in [-0.4, -0.2) is 75.5 Å². The van der Waals surface area contributed by atoms with E-state index < -0.39 is 40.1 Å². The summed E-state index contributed by atoms with van der Waals surface area (Å²) in [6.07, 6.45) is 6.55. The Kier molecular flexibility index (Phi) is 7.82. The van der Waals surface area contributed by atoms with Gasteiger partial charge in [-0.3, -0.25) is 14.0 Å². The lowest BCUT2D eigenvalue weighted by atomic mass is 9.77. The molecule has 0 spiro atoms. The molecule has 2 aliphatic rings. The van der Waals surface area contributed by atoms with E-state index in [-0.39, 0.29) is 29.6 Å². The van der Waals surface area contributed by atoms with Crippen molar-refractivity contribution in [1.82, 2.24) is 19.0 Å². The number of amides is 1. The van der Waals surface area contributed by atoms with Gasteiger partial charge in [-0.2, -0.15) is 8.42 Å². The Hall–Kier alpha value is -3.15. The van der Waals surface area contributed by atoms with Crippen molar-refractivity contribution in [1.29, 1.82) is 0 Å². The highest BCUT2D eigenvalue weighted by Crippen LogP contribution is 2.51. The molecule has 2 aliphatic heterocycles. The number of carbonyl (C=O) groups excluding carboxylic acids is 2. The molecule has 4 atom stereocenters. The van der Waals surface area contributed by atoms with Gasteiger partial charge in [0.2, 0.25) is 11.7 Å². The van der Waals surface area contributed by atoms with Crippen LogP contribution >= 0.6 is 23.1 Å². The predicted molar refractivity (Wildman–Crippen MR) is 150 cm³/mol. The largest absolute Gasteiger partial charge is 0.477 e. The van der Waals surface area contributed by atoms with E-state index in [0.29, 0.717) is 39.0 Å². The summed E-state index contributed by atoms with van der Waals surface area (Å²) < 4.78 is 27.9. The third-order valence-electron chi connectivity index (χ3n) is 7.34. The molecule has 218 valence electrons. The van der Waals surface area contributed by atoms with E-state index in [9.17, 15) is 33.0 Å². The molecule has 3 aromatic heterocycles. The number of carboxylic acids is 1. The maximum atomic E-state index is 13.7. The zero-order valence-corrected chi connectivity index (χ0v) is 24.8. The van der Waals surface area contributed by atoms with Gasteiger partial charge in [0.1, 0.15) is 22.8 Å². The quantitative estimate of drug-likeness (QED) is 0.0776. The molecule has 0 saturated carbocycles. The molecule has 13 nitrogen and oxygen atoms in total. The van der Waals surface area contributed by atoms with Crippen molar-refractivity contribution in [2.45, 2.75) is 44.1 Å². The molecular weight excluding hydrogens is 593 g/mol. The Morgan fingerprint density at radius 2 is 2.10 bits per heavy atom. The number of thioether (sulfide) groups is 1. The zero-order valence-electron chi connectivity index (χ0n) is 22.3. The highest BCUT2D eigenvalue weighted by molar-refractivity contribution is 7.98. The number of β-lactam (4-membered cyclic amide) rings is 1. The fourth-order valence-corrected chi connectivity index (χ4v) is 7.82. The summed E-state index contributed by atoms with van der Waals surface area (Å²) in [6, 6.07) is 2.92. The molecule has 0 bridgehead atoms. The molecule has 0 unspecified atom stereocenters. The van der Waals surface area contributed by atoms with Crippen LogP contribution in [0.1, 0.15) is 41.2 Å². The number of nitrogens with zero attached hydrogens (tertiary/aromatic N) is 4. The lowest BCUT2D eigenvalue weighted by molar-refractivity contribution is -0.697. The molecule has 1 fully saturated rings. The standard InChI is InChI=1S/C25H28N6O7S3/c1-12-16(20(24(35)36)31-19(12)17(13(2)32)22(31)34)15-11-30-23(40-15)18(28-25(30)39-3)21(33)14-6-4-8-29(10-14)9-5-7-27-41(26,37)38/h4,6,8,10-13,17,19,27,32H,5,7,9H2,1-3H3,(H2-,26,35,36,37,38)/p+1/t12-,13+,17+,19+/m0/s1. The van der Waals surface area contributed by atoms with E-state index in [2.05, 4.69) is 9.71 Å². The summed E-state index contributed by atoms with van der Waals surface area (Å²) >= 11 is 2.57. The number of hydrogen-bond donors (Lipinski definition) is 4. The Labute approximate surface area is 243 Å². The number of aryl methyl sites for hydroxylation is 1. The summed E-state index contributed by atoms with van der Waals surface area (Å²) in [4.78, 5) is 45.7. The van der Waals surface area contributed by atoms with Gasteiger partial charge in [-0.25, -0.2) is 24.2 Å². The molecule has 1 amide bonds. The minimum Gasteiger partial charge on any atom is -0.477 e. The Balaban J connectivity index is 1.49. The Morgan fingerprint density at radius 1 is 1.37 bits per heavy atom. The van der Waals surface area contributed by atoms with Gasteiger partial charge >= 0.3 is 5.97 Å². The number of aromatic nitrogens is 3. The number of aliphatic hydroxyl groups excluding tert-OH is 1. The summed E-state index contributed by atoms with van der Waals surface area (Å²) in [5, 5.41) is 25.7. The second-order valence-electron chi connectivity index (χ2n) is 9.99. The van der Waals surface area contributed by atoms with E-state index in [1.807, 2.05) is 13.2 Å². The third kappa shape index (κ3) is 5.19. The number of carbonyl (C=O) groups is 3. The molecule has 5 N–H and O–H groups in total. The molecule has 1 saturated heterocycles. The number of pyridine rings is 1. The van der Waals surface area contributed by atoms with Gasteiger partial charge in [-0.05, 0) is 19.2 Å². The van der Waals surface area contributed by atoms with Crippen molar-refractivity contribution in [2.24, 2.45) is 17.0 Å². The Morgan fingerprint density at radius 3 is 2.73 bits per heavy atom. The first-order valence-electron chi connectivity index (χ1n) is 12.7. The summed E-state index contributed by atoms with van der Waals surface area (Å²) in [6.45, 7) is 3.97. The van der Waals surface area contributed by atoms with E-state index in [1.54, 1.807) is 39.7 Å². The highest BCUT2D eigenvalue weighted by atomic mass is 32.2. The van der Waals surface area contributed by atoms with E-state index >= 15 is 0 Å². The van der Waals surface area contributed by atoms with E-state index in [0.717, 1.165) is 0 Å². The third-order valence-corrected chi connectivity index (χ3v) is 9.73. The minimum absolute atomic E-state index is 0.0959. The maximum absolute atomic E-state index is 13.7. The lowest BCUT2D eigenvalue weighted by Gasteiger charge is -2.46. The average Bonchev–Trinajstić information content (AvgIpc) is 3.54. The Bertz CT molecular complexity index is 1710. The summed E-state index contributed by atoms with van der Waals surface area (Å²) in [7, 11) is -3.78. The number of hydrogen-bond acceptors (Lipinski definition) is 9. The molecule has 41 heavy (non-hydrogen) atoms. The highest BCUT2D eigenvalue weighted by Gasteiger charge is 2.60. The smallest absolute Gasteiger partial charge is 0.352 e. The summed E-state index contributed by atoms with van der Waals surface area (Å²) in [5.74, 6) is -2.98. The van der Waals surface area contributed by atoms with Crippen molar-refractivity contribution in [3.05, 3.63) is 52.6 Å². The van der Waals surface area contributed by atoms with Crippen LogP contribution in [0.2, 0.25) is 0 Å². The van der Waals surface area contributed by atoms with Gasteiger partial charge in [0.25, 0.3) is 10.2 Å². The van der Waals surface area contributed by atoms with Crippen molar-refractivity contribution in [3.63, 3.8) is 0 Å². The second-order valence-corrected chi connectivity index (χ2v) is 13.2. The molecule has 0 radical (unpaired) electrons. The number of aliphatic carboxylic acids is 1. The molecule has 16 heteroatoms. The van der Waals surface area contributed by atoms with Gasteiger partial charge < -0.3 is 15.1 Å². The number of nitrogens with two attached hydrogens (primary N) is 1. The number of fused-ring (bicyclic) bond motifs is 2. The van der Waals surface area contributed by atoms with Gasteiger partial charge in [-0.1, -0.05) is 18.7 Å². The van der Waals surface area contributed by atoms with Crippen molar-refractivity contribution in [2.75, 3.05) is 12.8 Å². The van der Waals surface area contributed by atoms with Gasteiger partial charge in [-0.15, -0.1) is 11.3 Å². The number of aliphatic hydroxyl groups is 1. The first-order valence-corrected chi connectivity index (χ1v) is 16.3.